The van der Waals surface area contributed by atoms with Crippen LogP contribution >= 0.6 is 0 Å². The normalized spacial score (nSPS) is 14.6. The average molecular weight is 558 g/mol. The number of benzene rings is 3. The Morgan fingerprint density at radius 1 is 1.03 bits per heavy atom. The third-order valence-electron chi connectivity index (χ3n) is 6.84. The molecule has 0 bridgehead atoms. The van der Waals surface area contributed by atoms with Crippen molar-refractivity contribution >= 4 is 21.6 Å². The number of hydrogen-bond acceptors (Lipinski definition) is 5. The van der Waals surface area contributed by atoms with Gasteiger partial charge in [0.1, 0.15) is 11.6 Å². The van der Waals surface area contributed by atoms with Crippen LogP contribution < -0.4 is 14.9 Å². The summed E-state index contributed by atoms with van der Waals surface area (Å²) in [5.74, 6) is -1.97. The minimum absolute atomic E-state index is 0.00137. The number of aryl methyl sites for hydroxylation is 1. The number of carbonyl (C=O) groups is 1. The molecule has 2 atom stereocenters. The Hall–Kier alpha value is -3.34. The molecule has 4 rings (SSSR count). The van der Waals surface area contributed by atoms with Crippen LogP contribution in [0.3, 0.4) is 0 Å². The molecule has 0 spiro atoms. The van der Waals surface area contributed by atoms with E-state index in [1.807, 2.05) is 18.2 Å². The number of hydrogen-bond donors (Lipinski definition) is 3. The van der Waals surface area contributed by atoms with Crippen LogP contribution in [-0.2, 0) is 35.8 Å². The van der Waals surface area contributed by atoms with Crippen molar-refractivity contribution in [3.8, 4) is 0 Å². The van der Waals surface area contributed by atoms with E-state index in [1.54, 1.807) is 12.1 Å². The molecule has 1 heterocycles. The topological polar surface area (TPSA) is 98.7 Å². The fourth-order valence-corrected chi connectivity index (χ4v) is 5.80. The van der Waals surface area contributed by atoms with Gasteiger partial charge in [-0.15, -0.1) is 0 Å². The molecule has 7 nitrogen and oxygen atoms in total. The summed E-state index contributed by atoms with van der Waals surface area (Å²) < 4.78 is 53.1. The van der Waals surface area contributed by atoms with Crippen LogP contribution in [0.1, 0.15) is 39.5 Å². The highest BCUT2D eigenvalue weighted by Crippen LogP contribution is 2.30. The van der Waals surface area contributed by atoms with Crippen LogP contribution in [0.2, 0.25) is 0 Å². The summed E-state index contributed by atoms with van der Waals surface area (Å²) in [5.41, 5.74) is 4.12. The van der Waals surface area contributed by atoms with E-state index in [2.05, 4.69) is 23.6 Å². The standard InChI is InChI=1S/C29H33F2N3O4S/c1-3-19-5-4-6-20(11-19)17-32-18-28(35)26(14-21-12-24(30)16-25(31)13-21)33-29(36)23-7-8-27-22(15-23)9-10-34(27)39(2,37)38/h4-8,11-13,15-16,26,28,32,35H,3,9-10,14,17-18H2,1-2H3,(H,33,36). The lowest BCUT2D eigenvalue weighted by Gasteiger charge is -2.25. The van der Waals surface area contributed by atoms with E-state index in [4.69, 9.17) is 0 Å². The molecule has 39 heavy (non-hydrogen) atoms. The van der Waals surface area contributed by atoms with Gasteiger partial charge < -0.3 is 15.7 Å². The van der Waals surface area contributed by atoms with E-state index in [0.29, 0.717) is 36.3 Å². The number of aliphatic hydroxyl groups excluding tert-OH is 1. The highest BCUT2D eigenvalue weighted by molar-refractivity contribution is 7.92. The number of sulfonamides is 1. The Morgan fingerprint density at radius 2 is 1.74 bits per heavy atom. The SMILES string of the molecule is CCc1cccc(CNCC(O)C(Cc2cc(F)cc(F)c2)NC(=O)c2ccc3c(c2)CCN3S(C)(=O)=O)c1. The zero-order valence-corrected chi connectivity index (χ0v) is 22.8. The van der Waals surface area contributed by atoms with Crippen molar-refractivity contribution in [2.45, 2.75) is 44.9 Å². The van der Waals surface area contributed by atoms with Gasteiger partial charge in [0, 0.05) is 31.3 Å². The molecular weight excluding hydrogens is 524 g/mol. The number of nitrogens with one attached hydrogen (secondary N) is 2. The highest BCUT2D eigenvalue weighted by Gasteiger charge is 2.28. The van der Waals surface area contributed by atoms with E-state index in [1.165, 1.54) is 28.1 Å². The predicted octanol–water partition coefficient (Wildman–Crippen LogP) is 3.34. The van der Waals surface area contributed by atoms with Crippen molar-refractivity contribution in [2.75, 3.05) is 23.7 Å². The smallest absolute Gasteiger partial charge is 0.251 e. The van der Waals surface area contributed by atoms with Crippen LogP contribution in [0.25, 0.3) is 0 Å². The molecule has 208 valence electrons. The molecule has 3 aromatic carbocycles. The van der Waals surface area contributed by atoms with Crippen LogP contribution in [0.4, 0.5) is 14.5 Å². The zero-order valence-electron chi connectivity index (χ0n) is 22.0. The number of fused-ring (bicyclic) bond motifs is 1. The van der Waals surface area contributed by atoms with E-state index < -0.39 is 39.7 Å². The fourth-order valence-electron chi connectivity index (χ4n) is 4.84. The van der Waals surface area contributed by atoms with Gasteiger partial charge in [-0.1, -0.05) is 31.2 Å². The van der Waals surface area contributed by atoms with E-state index >= 15 is 0 Å². The molecule has 0 fully saturated rings. The van der Waals surface area contributed by atoms with Gasteiger partial charge in [0.25, 0.3) is 5.91 Å². The first kappa shape index (κ1) is 28.7. The number of nitrogens with zero attached hydrogens (tertiary/aromatic N) is 1. The zero-order chi connectivity index (χ0) is 28.2. The second kappa shape index (κ2) is 12.2. The molecule has 0 saturated carbocycles. The molecule has 2 unspecified atom stereocenters. The predicted molar refractivity (Wildman–Crippen MR) is 147 cm³/mol. The summed E-state index contributed by atoms with van der Waals surface area (Å²) in [4.78, 5) is 13.2. The number of halogens is 2. The van der Waals surface area contributed by atoms with Crippen molar-refractivity contribution in [2.24, 2.45) is 0 Å². The average Bonchev–Trinajstić information content (AvgIpc) is 3.32. The van der Waals surface area contributed by atoms with Gasteiger partial charge in [-0.2, -0.15) is 0 Å². The van der Waals surface area contributed by atoms with Crippen molar-refractivity contribution in [1.29, 1.82) is 0 Å². The van der Waals surface area contributed by atoms with Gasteiger partial charge >= 0.3 is 0 Å². The summed E-state index contributed by atoms with van der Waals surface area (Å²) in [6, 6.07) is 15.1. The molecular formula is C29H33F2N3O4S. The third kappa shape index (κ3) is 7.40. The molecule has 0 radical (unpaired) electrons. The first-order valence-electron chi connectivity index (χ1n) is 12.9. The Labute approximate surface area is 227 Å². The van der Waals surface area contributed by atoms with Crippen LogP contribution in [0.5, 0.6) is 0 Å². The number of anilines is 1. The van der Waals surface area contributed by atoms with Crippen LogP contribution in [0, 0.1) is 11.6 Å². The van der Waals surface area contributed by atoms with Crippen LogP contribution in [-0.4, -0.2) is 50.9 Å². The lowest BCUT2D eigenvalue weighted by molar-refractivity contribution is 0.0829. The molecule has 3 aromatic rings. The molecule has 10 heteroatoms. The summed E-state index contributed by atoms with van der Waals surface area (Å²) in [6.07, 6.45) is 1.45. The Bertz CT molecular complexity index is 1430. The number of carbonyl (C=O) groups excluding carboxylic acids is 1. The Morgan fingerprint density at radius 3 is 2.44 bits per heavy atom. The van der Waals surface area contributed by atoms with Crippen molar-refractivity contribution < 1.29 is 27.1 Å². The summed E-state index contributed by atoms with van der Waals surface area (Å²) in [5, 5.41) is 17.0. The second-order valence-corrected chi connectivity index (χ2v) is 11.8. The van der Waals surface area contributed by atoms with Crippen molar-refractivity contribution in [3.05, 3.63) is 100 Å². The van der Waals surface area contributed by atoms with E-state index in [-0.39, 0.29) is 13.0 Å². The lowest BCUT2D eigenvalue weighted by atomic mass is 9.99. The molecule has 3 N–H and O–H groups in total. The van der Waals surface area contributed by atoms with Crippen LogP contribution in [0.15, 0.2) is 60.7 Å². The summed E-state index contributed by atoms with van der Waals surface area (Å²) in [6.45, 7) is 3.01. The van der Waals surface area contributed by atoms with E-state index in [0.717, 1.165) is 29.9 Å². The maximum Gasteiger partial charge on any atom is 0.251 e. The summed E-state index contributed by atoms with van der Waals surface area (Å²) >= 11 is 0. The largest absolute Gasteiger partial charge is 0.390 e. The van der Waals surface area contributed by atoms with Crippen molar-refractivity contribution in [3.63, 3.8) is 0 Å². The van der Waals surface area contributed by atoms with Crippen molar-refractivity contribution in [1.82, 2.24) is 10.6 Å². The van der Waals surface area contributed by atoms with Gasteiger partial charge in [-0.05, 0) is 71.8 Å². The molecule has 0 aliphatic carbocycles. The first-order valence-corrected chi connectivity index (χ1v) is 14.7. The van der Waals surface area contributed by atoms with Gasteiger partial charge in [-0.3, -0.25) is 9.10 Å². The molecule has 1 aliphatic rings. The summed E-state index contributed by atoms with van der Waals surface area (Å²) in [7, 11) is -3.42. The van der Waals surface area contributed by atoms with Gasteiger partial charge in [-0.25, -0.2) is 17.2 Å². The first-order chi connectivity index (χ1) is 18.5. The maximum atomic E-state index is 13.9. The number of amides is 1. The molecule has 0 saturated heterocycles. The molecule has 1 amide bonds. The minimum Gasteiger partial charge on any atom is -0.390 e. The molecule has 0 aromatic heterocycles. The van der Waals surface area contributed by atoms with Gasteiger partial charge in [0.05, 0.1) is 24.1 Å². The van der Waals surface area contributed by atoms with Gasteiger partial charge in [0.15, 0.2) is 0 Å². The Kier molecular flexibility index (Phi) is 8.99. The molecule has 1 aliphatic heterocycles. The number of rotatable bonds is 11. The number of aliphatic hydroxyl groups is 1. The monoisotopic (exact) mass is 557 g/mol. The lowest BCUT2D eigenvalue weighted by Crippen LogP contribution is -2.48. The second-order valence-electron chi connectivity index (χ2n) is 9.86. The minimum atomic E-state index is -3.42. The fraction of sp³-hybridized carbons (Fsp3) is 0.345. The Balaban J connectivity index is 1.49. The quantitative estimate of drug-likeness (QED) is 0.336. The maximum absolute atomic E-state index is 13.9. The highest BCUT2D eigenvalue weighted by atomic mass is 32.2. The van der Waals surface area contributed by atoms with E-state index in [9.17, 15) is 27.1 Å². The van der Waals surface area contributed by atoms with Gasteiger partial charge in [0.2, 0.25) is 10.0 Å². The third-order valence-corrected chi connectivity index (χ3v) is 8.02.